The van der Waals surface area contributed by atoms with Gasteiger partial charge in [-0.2, -0.15) is 0 Å². The van der Waals surface area contributed by atoms with Crippen LogP contribution in [0, 0.1) is 3.57 Å². The number of halogens is 1. The third kappa shape index (κ3) is 3.08. The van der Waals surface area contributed by atoms with Crippen LogP contribution in [0.4, 0.5) is 0 Å². The lowest BCUT2D eigenvalue weighted by Gasteiger charge is -2.04. The molecule has 1 aromatic carbocycles. The van der Waals surface area contributed by atoms with Crippen molar-refractivity contribution in [3.8, 4) is 0 Å². The number of benzene rings is 1. The molecule has 1 rings (SSSR count). The fraction of sp³-hybridized carbons (Fsp3) is 0.333. The Morgan fingerprint density at radius 1 is 1.33 bits per heavy atom. The van der Waals surface area contributed by atoms with Gasteiger partial charge in [0.15, 0.2) is 0 Å². The zero-order valence-electron chi connectivity index (χ0n) is 6.76. The van der Waals surface area contributed by atoms with Gasteiger partial charge >= 0.3 is 0 Å². The molecule has 0 aliphatic heterocycles. The van der Waals surface area contributed by atoms with Crippen molar-refractivity contribution in [3.05, 3.63) is 33.4 Å². The van der Waals surface area contributed by atoms with Gasteiger partial charge in [-0.1, -0.05) is 18.2 Å². The first-order chi connectivity index (χ1) is 5.84. The Morgan fingerprint density at radius 3 is 2.75 bits per heavy atom. The maximum Gasteiger partial charge on any atom is 0.0556 e. The second kappa shape index (κ2) is 5.50. The maximum atomic E-state index is 8.55. The van der Waals surface area contributed by atoms with Gasteiger partial charge in [-0.15, -0.1) is 0 Å². The van der Waals surface area contributed by atoms with Crippen molar-refractivity contribution in [1.29, 1.82) is 0 Å². The van der Waals surface area contributed by atoms with E-state index in [1.807, 2.05) is 12.1 Å². The van der Waals surface area contributed by atoms with E-state index in [0.717, 1.165) is 6.54 Å². The number of rotatable bonds is 4. The van der Waals surface area contributed by atoms with Gasteiger partial charge in [0, 0.05) is 16.7 Å². The van der Waals surface area contributed by atoms with E-state index in [2.05, 4.69) is 40.0 Å². The quantitative estimate of drug-likeness (QED) is 0.643. The van der Waals surface area contributed by atoms with Crippen molar-refractivity contribution in [2.45, 2.75) is 6.54 Å². The maximum absolute atomic E-state index is 8.55. The summed E-state index contributed by atoms with van der Waals surface area (Å²) in [5.41, 5.74) is 1.28. The van der Waals surface area contributed by atoms with E-state index in [-0.39, 0.29) is 6.61 Å². The van der Waals surface area contributed by atoms with Gasteiger partial charge in [0.1, 0.15) is 0 Å². The lowest BCUT2D eigenvalue weighted by Crippen LogP contribution is -2.17. The minimum atomic E-state index is 0.198. The summed E-state index contributed by atoms with van der Waals surface area (Å²) in [5.74, 6) is 0. The SMILES string of the molecule is OCCNCc1ccccc1I. The number of hydrogen-bond acceptors (Lipinski definition) is 2. The van der Waals surface area contributed by atoms with Gasteiger partial charge in [-0.3, -0.25) is 0 Å². The summed E-state index contributed by atoms with van der Waals surface area (Å²) in [6.45, 7) is 1.69. The number of nitrogens with one attached hydrogen (secondary N) is 1. The molecule has 0 aliphatic carbocycles. The van der Waals surface area contributed by atoms with Crippen molar-refractivity contribution >= 4 is 22.6 Å². The number of hydrogen-bond donors (Lipinski definition) is 2. The minimum absolute atomic E-state index is 0.198. The second-order valence-corrected chi connectivity index (χ2v) is 3.65. The molecule has 2 nitrogen and oxygen atoms in total. The van der Waals surface area contributed by atoms with Gasteiger partial charge in [0.2, 0.25) is 0 Å². The summed E-state index contributed by atoms with van der Waals surface area (Å²) >= 11 is 2.31. The van der Waals surface area contributed by atoms with E-state index in [9.17, 15) is 0 Å². The molecular formula is C9H12INO. The van der Waals surface area contributed by atoms with E-state index in [4.69, 9.17) is 5.11 Å². The summed E-state index contributed by atoms with van der Waals surface area (Å²) in [5, 5.41) is 11.7. The van der Waals surface area contributed by atoms with Crippen LogP contribution in [0.15, 0.2) is 24.3 Å². The average molecular weight is 277 g/mol. The van der Waals surface area contributed by atoms with Crippen molar-refractivity contribution in [2.24, 2.45) is 0 Å². The van der Waals surface area contributed by atoms with Crippen LogP contribution in [0.3, 0.4) is 0 Å². The van der Waals surface area contributed by atoms with Gasteiger partial charge in [-0.05, 0) is 34.2 Å². The predicted octanol–water partition coefficient (Wildman–Crippen LogP) is 1.37. The summed E-state index contributed by atoms with van der Waals surface area (Å²) in [6.07, 6.45) is 0. The topological polar surface area (TPSA) is 32.3 Å². The Balaban J connectivity index is 2.46. The molecule has 0 amide bonds. The molecule has 0 unspecified atom stereocenters. The van der Waals surface area contributed by atoms with Crippen LogP contribution in [0.1, 0.15) is 5.56 Å². The van der Waals surface area contributed by atoms with Crippen LogP contribution in [0.2, 0.25) is 0 Å². The molecule has 3 heteroatoms. The van der Waals surface area contributed by atoms with E-state index in [1.54, 1.807) is 0 Å². The lowest BCUT2D eigenvalue weighted by atomic mass is 10.2. The first-order valence-corrected chi connectivity index (χ1v) is 4.97. The van der Waals surface area contributed by atoms with E-state index < -0.39 is 0 Å². The molecule has 0 bridgehead atoms. The second-order valence-electron chi connectivity index (χ2n) is 2.49. The molecule has 2 N–H and O–H groups in total. The zero-order chi connectivity index (χ0) is 8.81. The first-order valence-electron chi connectivity index (χ1n) is 3.89. The van der Waals surface area contributed by atoms with Crippen LogP contribution < -0.4 is 5.32 Å². The smallest absolute Gasteiger partial charge is 0.0556 e. The van der Waals surface area contributed by atoms with Crippen molar-refractivity contribution in [1.82, 2.24) is 5.32 Å². The number of aliphatic hydroxyl groups is 1. The van der Waals surface area contributed by atoms with Crippen molar-refractivity contribution in [2.75, 3.05) is 13.2 Å². The highest BCUT2D eigenvalue weighted by molar-refractivity contribution is 14.1. The molecule has 66 valence electrons. The molecule has 12 heavy (non-hydrogen) atoms. The van der Waals surface area contributed by atoms with Gasteiger partial charge in [-0.25, -0.2) is 0 Å². The molecule has 0 fully saturated rings. The van der Waals surface area contributed by atoms with Crippen LogP contribution in [0.25, 0.3) is 0 Å². The predicted molar refractivity (Wildman–Crippen MR) is 58.0 cm³/mol. The summed E-state index contributed by atoms with van der Waals surface area (Å²) < 4.78 is 1.26. The van der Waals surface area contributed by atoms with Crippen LogP contribution in [-0.4, -0.2) is 18.3 Å². The number of aliphatic hydroxyl groups excluding tert-OH is 1. The van der Waals surface area contributed by atoms with E-state index >= 15 is 0 Å². The highest BCUT2D eigenvalue weighted by atomic mass is 127. The Bertz CT molecular complexity index is 240. The van der Waals surface area contributed by atoms with Gasteiger partial charge in [0.25, 0.3) is 0 Å². The highest BCUT2D eigenvalue weighted by Crippen LogP contribution is 2.10. The van der Waals surface area contributed by atoms with E-state index in [0.29, 0.717) is 6.54 Å². The monoisotopic (exact) mass is 277 g/mol. The van der Waals surface area contributed by atoms with E-state index in [1.165, 1.54) is 9.13 Å². The Hall–Kier alpha value is -0.130. The molecular weight excluding hydrogens is 265 g/mol. The Kier molecular flexibility index (Phi) is 4.57. The normalized spacial score (nSPS) is 10.2. The third-order valence-electron chi connectivity index (χ3n) is 1.56. The highest BCUT2D eigenvalue weighted by Gasteiger charge is 1.95. The molecule has 0 aliphatic rings. The van der Waals surface area contributed by atoms with Crippen LogP contribution in [-0.2, 0) is 6.54 Å². The Morgan fingerprint density at radius 2 is 2.08 bits per heavy atom. The first kappa shape index (κ1) is 9.95. The summed E-state index contributed by atoms with van der Waals surface area (Å²) in [4.78, 5) is 0. The Labute approximate surface area is 86.1 Å². The fourth-order valence-corrected chi connectivity index (χ4v) is 1.52. The molecule has 0 saturated heterocycles. The molecule has 0 spiro atoms. The molecule has 0 heterocycles. The standard InChI is InChI=1S/C9H12INO/c10-9-4-2-1-3-8(9)7-11-5-6-12/h1-4,11-12H,5-7H2. The minimum Gasteiger partial charge on any atom is -0.395 e. The van der Waals surface area contributed by atoms with Crippen molar-refractivity contribution in [3.63, 3.8) is 0 Å². The lowest BCUT2D eigenvalue weighted by molar-refractivity contribution is 0.292. The molecule has 0 saturated carbocycles. The zero-order valence-corrected chi connectivity index (χ0v) is 8.91. The molecule has 0 aromatic heterocycles. The van der Waals surface area contributed by atoms with Gasteiger partial charge in [0.05, 0.1) is 6.61 Å². The molecule has 0 atom stereocenters. The molecule has 1 aromatic rings. The van der Waals surface area contributed by atoms with Crippen LogP contribution >= 0.6 is 22.6 Å². The third-order valence-corrected chi connectivity index (χ3v) is 2.61. The van der Waals surface area contributed by atoms with Gasteiger partial charge < -0.3 is 10.4 Å². The average Bonchev–Trinajstić information content (AvgIpc) is 2.09. The summed E-state index contributed by atoms with van der Waals surface area (Å²) in [6, 6.07) is 8.22. The van der Waals surface area contributed by atoms with Crippen molar-refractivity contribution < 1.29 is 5.11 Å². The largest absolute Gasteiger partial charge is 0.395 e. The fourth-order valence-electron chi connectivity index (χ4n) is 0.944. The van der Waals surface area contributed by atoms with Crippen LogP contribution in [0.5, 0.6) is 0 Å². The molecule has 0 radical (unpaired) electrons. The summed E-state index contributed by atoms with van der Waals surface area (Å²) in [7, 11) is 0.